The summed E-state index contributed by atoms with van der Waals surface area (Å²) >= 11 is 0. The quantitative estimate of drug-likeness (QED) is 0.900. The molecule has 1 atom stereocenters. The second-order valence-electron chi connectivity index (χ2n) is 4.36. The van der Waals surface area contributed by atoms with Gasteiger partial charge in [0.05, 0.1) is 23.0 Å². The van der Waals surface area contributed by atoms with Crippen molar-refractivity contribution in [3.8, 4) is 0 Å². The maximum absolute atomic E-state index is 13.6. The van der Waals surface area contributed by atoms with Crippen molar-refractivity contribution in [2.24, 2.45) is 0 Å². The summed E-state index contributed by atoms with van der Waals surface area (Å²) in [6.45, 7) is 1.83. The lowest BCUT2D eigenvalue weighted by Crippen LogP contribution is -2.28. The average molecular weight is 273 g/mol. The molecule has 1 amide bonds. The van der Waals surface area contributed by atoms with Gasteiger partial charge in [-0.2, -0.15) is 0 Å². The van der Waals surface area contributed by atoms with Crippen LogP contribution in [0, 0.1) is 5.82 Å². The molecule has 2 rings (SSSR count). The van der Waals surface area contributed by atoms with Crippen molar-refractivity contribution in [1.82, 2.24) is 10.3 Å². The molecule has 0 bridgehead atoms. The zero-order valence-electron chi connectivity index (χ0n) is 11.4. The molecule has 2 N–H and O–H groups in total. The van der Waals surface area contributed by atoms with Crippen molar-refractivity contribution in [3.63, 3.8) is 0 Å². The fraction of sp³-hybridized carbons (Fsp3) is 0.200. The summed E-state index contributed by atoms with van der Waals surface area (Å²) < 4.78 is 13.6. The number of amides is 1. The van der Waals surface area contributed by atoms with Gasteiger partial charge in [-0.05, 0) is 31.2 Å². The molecule has 0 saturated carbocycles. The van der Waals surface area contributed by atoms with Crippen LogP contribution in [0.15, 0.2) is 42.6 Å². The summed E-state index contributed by atoms with van der Waals surface area (Å²) in [4.78, 5) is 16.4. The number of nitrogens with zero attached hydrogens (tertiary/aromatic N) is 1. The van der Waals surface area contributed by atoms with E-state index >= 15 is 0 Å². The van der Waals surface area contributed by atoms with Crippen molar-refractivity contribution < 1.29 is 9.18 Å². The van der Waals surface area contributed by atoms with Crippen LogP contribution in [0.3, 0.4) is 0 Å². The molecule has 0 aliphatic rings. The minimum atomic E-state index is -0.453. The summed E-state index contributed by atoms with van der Waals surface area (Å²) in [6, 6.07) is 9.64. The van der Waals surface area contributed by atoms with Crippen molar-refractivity contribution in [1.29, 1.82) is 0 Å². The lowest BCUT2D eigenvalue weighted by atomic mass is 10.1. The first-order valence-corrected chi connectivity index (χ1v) is 6.31. The summed E-state index contributed by atoms with van der Waals surface area (Å²) in [7, 11) is 1.58. The number of carbonyl (C=O) groups excluding carboxylic acids is 1. The van der Waals surface area contributed by atoms with E-state index < -0.39 is 5.82 Å². The van der Waals surface area contributed by atoms with Crippen LogP contribution >= 0.6 is 0 Å². The fourth-order valence-electron chi connectivity index (χ4n) is 1.95. The lowest BCUT2D eigenvalue weighted by Gasteiger charge is -2.15. The van der Waals surface area contributed by atoms with E-state index in [2.05, 4.69) is 15.6 Å². The monoisotopic (exact) mass is 273 g/mol. The maximum Gasteiger partial charge on any atom is 0.254 e. The third-order valence-electron chi connectivity index (χ3n) is 2.99. The molecule has 104 valence electrons. The van der Waals surface area contributed by atoms with Crippen LogP contribution < -0.4 is 10.6 Å². The highest BCUT2D eigenvalue weighted by Crippen LogP contribution is 2.20. The zero-order valence-corrected chi connectivity index (χ0v) is 11.4. The number of benzene rings is 1. The highest BCUT2D eigenvalue weighted by Gasteiger charge is 2.17. The molecular weight excluding hydrogens is 257 g/mol. The van der Waals surface area contributed by atoms with Gasteiger partial charge in [-0.3, -0.25) is 9.78 Å². The van der Waals surface area contributed by atoms with Crippen molar-refractivity contribution >= 4 is 11.6 Å². The second kappa shape index (κ2) is 6.14. The number of hydrogen-bond donors (Lipinski definition) is 2. The van der Waals surface area contributed by atoms with Crippen LogP contribution in [-0.4, -0.2) is 17.9 Å². The Labute approximate surface area is 117 Å². The highest BCUT2D eigenvalue weighted by molar-refractivity contribution is 5.99. The summed E-state index contributed by atoms with van der Waals surface area (Å²) in [5.74, 6) is -0.794. The predicted octanol–water partition coefficient (Wildman–Crippen LogP) is 2.75. The van der Waals surface area contributed by atoms with Gasteiger partial charge in [-0.15, -0.1) is 0 Å². The molecule has 1 heterocycles. The molecule has 0 radical (unpaired) electrons. The third kappa shape index (κ3) is 2.93. The molecule has 20 heavy (non-hydrogen) atoms. The number of aromatic nitrogens is 1. The number of anilines is 1. The number of para-hydroxylation sites is 1. The number of hydrogen-bond acceptors (Lipinski definition) is 3. The standard InChI is InChI=1S/C15H16FN3O/c1-10(13-8-3-4-9-18-13)19-15(20)11-6-5-7-12(16)14(11)17-2/h3-10,17H,1-2H3,(H,19,20). The minimum absolute atomic E-state index is 0.193. The summed E-state index contributed by atoms with van der Waals surface area (Å²) in [6.07, 6.45) is 1.67. The van der Waals surface area contributed by atoms with Gasteiger partial charge in [-0.1, -0.05) is 12.1 Å². The molecule has 4 nitrogen and oxygen atoms in total. The smallest absolute Gasteiger partial charge is 0.254 e. The first-order chi connectivity index (χ1) is 9.63. The molecule has 5 heteroatoms. The Kier molecular flexibility index (Phi) is 4.30. The maximum atomic E-state index is 13.6. The first kappa shape index (κ1) is 14.0. The van der Waals surface area contributed by atoms with E-state index in [0.717, 1.165) is 5.69 Å². The van der Waals surface area contributed by atoms with Gasteiger partial charge >= 0.3 is 0 Å². The Morgan fingerprint density at radius 3 is 2.70 bits per heavy atom. The second-order valence-corrected chi connectivity index (χ2v) is 4.36. The zero-order chi connectivity index (χ0) is 14.5. The molecule has 1 aromatic heterocycles. The molecule has 0 saturated heterocycles. The van der Waals surface area contributed by atoms with Crippen LogP contribution in [0.2, 0.25) is 0 Å². The van der Waals surface area contributed by atoms with E-state index in [4.69, 9.17) is 0 Å². The molecule has 0 aliphatic carbocycles. The fourth-order valence-corrected chi connectivity index (χ4v) is 1.95. The third-order valence-corrected chi connectivity index (χ3v) is 2.99. The highest BCUT2D eigenvalue weighted by atomic mass is 19.1. The Morgan fingerprint density at radius 2 is 2.05 bits per heavy atom. The molecule has 0 fully saturated rings. The number of pyridine rings is 1. The van der Waals surface area contributed by atoms with Crippen LogP contribution in [-0.2, 0) is 0 Å². The van der Waals surface area contributed by atoms with Gasteiger partial charge in [0, 0.05) is 13.2 Å². The van der Waals surface area contributed by atoms with E-state index in [1.807, 2.05) is 25.1 Å². The van der Waals surface area contributed by atoms with E-state index in [0.29, 0.717) is 0 Å². The first-order valence-electron chi connectivity index (χ1n) is 6.31. The van der Waals surface area contributed by atoms with E-state index in [9.17, 15) is 9.18 Å². The van der Waals surface area contributed by atoms with E-state index in [-0.39, 0.29) is 23.2 Å². The average Bonchev–Trinajstić information content (AvgIpc) is 2.47. The van der Waals surface area contributed by atoms with Crippen LogP contribution in [0.1, 0.15) is 29.0 Å². The van der Waals surface area contributed by atoms with E-state index in [1.165, 1.54) is 12.1 Å². The van der Waals surface area contributed by atoms with Crippen molar-refractivity contribution in [2.75, 3.05) is 12.4 Å². The summed E-state index contributed by atoms with van der Waals surface area (Å²) in [5, 5.41) is 5.51. The molecule has 2 aromatic rings. The number of nitrogens with one attached hydrogen (secondary N) is 2. The Bertz CT molecular complexity index is 601. The molecule has 0 aliphatic heterocycles. The molecular formula is C15H16FN3O. The minimum Gasteiger partial charge on any atom is -0.385 e. The predicted molar refractivity (Wildman–Crippen MR) is 76.1 cm³/mol. The summed E-state index contributed by atoms with van der Waals surface area (Å²) in [5.41, 5.74) is 1.22. The SMILES string of the molecule is CNc1c(F)cccc1C(=O)NC(C)c1ccccn1. The van der Waals surface area contributed by atoms with Crippen LogP contribution in [0.4, 0.5) is 10.1 Å². The van der Waals surface area contributed by atoms with Crippen LogP contribution in [0.25, 0.3) is 0 Å². The Balaban J connectivity index is 2.19. The number of rotatable bonds is 4. The van der Waals surface area contributed by atoms with Crippen LogP contribution in [0.5, 0.6) is 0 Å². The van der Waals surface area contributed by atoms with Gasteiger partial charge in [0.1, 0.15) is 5.82 Å². The van der Waals surface area contributed by atoms with E-state index in [1.54, 1.807) is 19.3 Å². The van der Waals surface area contributed by atoms with Gasteiger partial charge < -0.3 is 10.6 Å². The van der Waals surface area contributed by atoms with Crippen molar-refractivity contribution in [3.05, 3.63) is 59.7 Å². The molecule has 1 unspecified atom stereocenters. The number of carbonyl (C=O) groups is 1. The normalized spacial score (nSPS) is 11.8. The Morgan fingerprint density at radius 1 is 1.25 bits per heavy atom. The van der Waals surface area contributed by atoms with Crippen molar-refractivity contribution in [2.45, 2.75) is 13.0 Å². The van der Waals surface area contributed by atoms with Gasteiger partial charge in [-0.25, -0.2) is 4.39 Å². The van der Waals surface area contributed by atoms with Gasteiger partial charge in [0.15, 0.2) is 0 Å². The Hall–Kier alpha value is -2.43. The number of halogens is 1. The lowest BCUT2D eigenvalue weighted by molar-refractivity contribution is 0.0939. The largest absolute Gasteiger partial charge is 0.385 e. The molecule has 0 spiro atoms. The molecule has 1 aromatic carbocycles. The van der Waals surface area contributed by atoms with Gasteiger partial charge in [0.25, 0.3) is 5.91 Å². The topological polar surface area (TPSA) is 54.0 Å². The van der Waals surface area contributed by atoms with Gasteiger partial charge in [0.2, 0.25) is 0 Å².